The molecule has 1 saturated heterocycles. The van der Waals surface area contributed by atoms with E-state index in [1.54, 1.807) is 36.1 Å². The fraction of sp³-hybridized carbons (Fsp3) is 0.333. The Labute approximate surface area is 218 Å². The van der Waals surface area contributed by atoms with E-state index < -0.39 is 34.3 Å². The van der Waals surface area contributed by atoms with Crippen molar-refractivity contribution in [3.63, 3.8) is 0 Å². The van der Waals surface area contributed by atoms with Gasteiger partial charge in [-0.25, -0.2) is 17.8 Å². The Hall–Kier alpha value is -3.47. The lowest BCUT2D eigenvalue weighted by atomic mass is 9.95. The molecule has 2 aromatic carbocycles. The first-order valence-corrected chi connectivity index (χ1v) is 13.7. The number of alkyl halides is 4. The molecule has 202 valence electrons. The number of sulfone groups is 1. The van der Waals surface area contributed by atoms with Gasteiger partial charge in [0.25, 0.3) is 5.91 Å². The van der Waals surface area contributed by atoms with Crippen LogP contribution < -0.4 is 10.2 Å². The standard InChI is InChI=1S/C27H27F4N3O3S/c1-2-38(36,37)24-10-3-18(4-11-24)15-33-26(35)20-7-12-25(32-16-20)34-17-21(13-23(34)14-28)19-5-8-22(9-6-19)27(29,30)31/h3-12,16,21,23H,2,13-15,17H2,1H3,(H,33,35)/t21?,23-/m0/s1. The number of carbonyl (C=O) groups is 1. The number of pyridine rings is 1. The number of carbonyl (C=O) groups excluding carboxylic acids is 1. The highest BCUT2D eigenvalue weighted by molar-refractivity contribution is 7.91. The van der Waals surface area contributed by atoms with E-state index in [-0.39, 0.29) is 29.0 Å². The van der Waals surface area contributed by atoms with Gasteiger partial charge in [-0.1, -0.05) is 31.2 Å². The van der Waals surface area contributed by atoms with Gasteiger partial charge in [-0.2, -0.15) is 13.2 Å². The summed E-state index contributed by atoms with van der Waals surface area (Å²) in [7, 11) is -3.30. The third-order valence-corrected chi connectivity index (χ3v) is 8.47. The molecule has 3 aromatic rings. The summed E-state index contributed by atoms with van der Waals surface area (Å²) in [6.45, 7) is 1.52. The van der Waals surface area contributed by atoms with Crippen molar-refractivity contribution in [2.75, 3.05) is 23.9 Å². The van der Waals surface area contributed by atoms with Crippen LogP contribution in [0.4, 0.5) is 23.4 Å². The Bertz CT molecular complexity index is 1360. The highest BCUT2D eigenvalue weighted by Crippen LogP contribution is 2.36. The lowest BCUT2D eigenvalue weighted by Crippen LogP contribution is -2.31. The fourth-order valence-electron chi connectivity index (χ4n) is 4.49. The molecule has 11 heteroatoms. The highest BCUT2D eigenvalue weighted by Gasteiger charge is 2.35. The van der Waals surface area contributed by atoms with Gasteiger partial charge < -0.3 is 10.2 Å². The van der Waals surface area contributed by atoms with Gasteiger partial charge >= 0.3 is 6.18 Å². The average Bonchev–Trinajstić information content (AvgIpc) is 3.36. The lowest BCUT2D eigenvalue weighted by molar-refractivity contribution is -0.137. The summed E-state index contributed by atoms with van der Waals surface area (Å²) in [5.41, 5.74) is 1.01. The minimum atomic E-state index is -4.41. The Morgan fingerprint density at radius 3 is 2.29 bits per heavy atom. The topological polar surface area (TPSA) is 79.4 Å². The van der Waals surface area contributed by atoms with E-state index in [0.29, 0.717) is 29.9 Å². The second kappa shape index (κ2) is 11.1. The summed E-state index contributed by atoms with van der Waals surface area (Å²) in [6.07, 6.45) is -2.59. The molecule has 1 aliphatic rings. The summed E-state index contributed by atoms with van der Waals surface area (Å²) < 4.78 is 76.3. The molecule has 0 aliphatic carbocycles. The number of hydrogen-bond donors (Lipinski definition) is 1. The molecule has 1 N–H and O–H groups in total. The van der Waals surface area contributed by atoms with E-state index in [1.807, 2.05) is 0 Å². The predicted octanol–water partition coefficient (Wildman–Crippen LogP) is 5.16. The largest absolute Gasteiger partial charge is 0.416 e. The van der Waals surface area contributed by atoms with Crippen LogP contribution >= 0.6 is 0 Å². The highest BCUT2D eigenvalue weighted by atomic mass is 32.2. The molecule has 0 radical (unpaired) electrons. The van der Waals surface area contributed by atoms with E-state index in [9.17, 15) is 30.8 Å². The smallest absolute Gasteiger partial charge is 0.350 e. The van der Waals surface area contributed by atoms with Crippen LogP contribution in [0.3, 0.4) is 0 Å². The molecular weight excluding hydrogens is 522 g/mol. The molecule has 38 heavy (non-hydrogen) atoms. The van der Waals surface area contributed by atoms with Gasteiger partial charge in [-0.15, -0.1) is 0 Å². The van der Waals surface area contributed by atoms with Crippen molar-refractivity contribution < 1.29 is 30.8 Å². The molecule has 2 atom stereocenters. The van der Waals surface area contributed by atoms with Crippen LogP contribution in [0.15, 0.2) is 71.8 Å². The number of nitrogens with one attached hydrogen (secondary N) is 1. The van der Waals surface area contributed by atoms with Crippen molar-refractivity contribution in [3.8, 4) is 0 Å². The van der Waals surface area contributed by atoms with Gasteiger partial charge in [0.15, 0.2) is 9.84 Å². The first-order chi connectivity index (χ1) is 18.0. The molecular formula is C27H27F4N3O3S. The van der Waals surface area contributed by atoms with Crippen LogP contribution in [0.5, 0.6) is 0 Å². The third-order valence-electron chi connectivity index (χ3n) is 6.72. The van der Waals surface area contributed by atoms with Gasteiger partial charge in [-0.3, -0.25) is 4.79 Å². The number of anilines is 1. The lowest BCUT2D eigenvalue weighted by Gasteiger charge is -2.23. The summed E-state index contributed by atoms with van der Waals surface area (Å²) in [4.78, 5) is 18.9. The van der Waals surface area contributed by atoms with E-state index in [0.717, 1.165) is 17.7 Å². The van der Waals surface area contributed by atoms with Crippen LogP contribution in [0.25, 0.3) is 0 Å². The van der Waals surface area contributed by atoms with Gasteiger partial charge in [0, 0.05) is 25.2 Å². The third kappa shape index (κ3) is 6.15. The van der Waals surface area contributed by atoms with Gasteiger partial charge in [0.05, 0.1) is 27.8 Å². The molecule has 1 amide bonds. The van der Waals surface area contributed by atoms with Gasteiger partial charge in [-0.05, 0) is 53.9 Å². The Morgan fingerprint density at radius 2 is 1.74 bits per heavy atom. The van der Waals surface area contributed by atoms with E-state index in [2.05, 4.69) is 10.3 Å². The first kappa shape index (κ1) is 27.6. The molecule has 0 saturated carbocycles. The van der Waals surface area contributed by atoms with Gasteiger partial charge in [0.1, 0.15) is 12.5 Å². The predicted molar refractivity (Wildman–Crippen MR) is 135 cm³/mol. The van der Waals surface area contributed by atoms with Crippen LogP contribution in [-0.4, -0.2) is 44.3 Å². The fourth-order valence-corrected chi connectivity index (χ4v) is 5.37. The second-order valence-corrected chi connectivity index (χ2v) is 11.4. The van der Waals surface area contributed by atoms with Crippen LogP contribution in [0.2, 0.25) is 0 Å². The maximum Gasteiger partial charge on any atom is 0.416 e. The summed E-state index contributed by atoms with van der Waals surface area (Å²) in [5, 5.41) is 2.76. The number of hydrogen-bond acceptors (Lipinski definition) is 5. The monoisotopic (exact) mass is 549 g/mol. The molecule has 6 nitrogen and oxygen atoms in total. The van der Waals surface area contributed by atoms with Crippen LogP contribution in [-0.2, 0) is 22.6 Å². The molecule has 4 rings (SSSR count). The van der Waals surface area contributed by atoms with Gasteiger partial charge in [0.2, 0.25) is 0 Å². The average molecular weight is 550 g/mol. The number of halogens is 4. The molecule has 1 fully saturated rings. The first-order valence-electron chi connectivity index (χ1n) is 12.1. The van der Waals surface area contributed by atoms with Crippen LogP contribution in [0, 0.1) is 0 Å². The maximum atomic E-state index is 13.8. The molecule has 2 heterocycles. The minimum absolute atomic E-state index is 0.00525. The zero-order valence-corrected chi connectivity index (χ0v) is 21.4. The van der Waals surface area contributed by atoms with E-state index >= 15 is 0 Å². The number of aromatic nitrogens is 1. The summed E-state index contributed by atoms with van der Waals surface area (Å²) in [5.74, 6) is -0.0427. The molecule has 0 spiro atoms. The summed E-state index contributed by atoms with van der Waals surface area (Å²) >= 11 is 0. The zero-order chi connectivity index (χ0) is 27.5. The number of amides is 1. The van der Waals surface area contributed by atoms with Crippen molar-refractivity contribution in [2.24, 2.45) is 0 Å². The number of nitrogens with zero attached hydrogens (tertiary/aromatic N) is 2. The van der Waals surface area contributed by atoms with Crippen molar-refractivity contribution in [2.45, 2.75) is 42.9 Å². The second-order valence-electron chi connectivity index (χ2n) is 9.15. The normalized spacial score (nSPS) is 18.0. The molecule has 1 aromatic heterocycles. The molecule has 1 aliphatic heterocycles. The Kier molecular flexibility index (Phi) is 8.05. The zero-order valence-electron chi connectivity index (χ0n) is 20.6. The Morgan fingerprint density at radius 1 is 1.05 bits per heavy atom. The summed E-state index contributed by atoms with van der Waals surface area (Å²) in [6, 6.07) is 14.0. The van der Waals surface area contributed by atoms with Crippen molar-refractivity contribution in [1.82, 2.24) is 10.3 Å². The minimum Gasteiger partial charge on any atom is -0.350 e. The Balaban J connectivity index is 1.38. The van der Waals surface area contributed by atoms with E-state index in [1.165, 1.54) is 30.5 Å². The SMILES string of the molecule is CCS(=O)(=O)c1ccc(CNC(=O)c2ccc(N3CC(c4ccc(C(F)(F)F)cc4)C[C@H]3CF)nc2)cc1. The van der Waals surface area contributed by atoms with Crippen molar-refractivity contribution in [3.05, 3.63) is 89.1 Å². The maximum absolute atomic E-state index is 13.8. The number of rotatable bonds is 8. The number of benzene rings is 2. The molecule has 0 bridgehead atoms. The van der Waals surface area contributed by atoms with Crippen molar-refractivity contribution in [1.29, 1.82) is 0 Å². The molecule has 1 unspecified atom stereocenters. The van der Waals surface area contributed by atoms with E-state index in [4.69, 9.17) is 0 Å². The quantitative estimate of drug-likeness (QED) is 0.393. The van der Waals surface area contributed by atoms with Crippen LogP contribution in [0.1, 0.15) is 46.3 Å². The van der Waals surface area contributed by atoms with Crippen molar-refractivity contribution >= 4 is 21.6 Å².